The molecule has 0 heterocycles. The van der Waals surface area contributed by atoms with E-state index >= 15 is 0 Å². The topological polar surface area (TPSA) is 80.7 Å². The van der Waals surface area contributed by atoms with Crippen LogP contribution >= 0.6 is 0 Å². The number of aliphatic carboxylic acids is 1. The molecule has 0 aromatic rings. The van der Waals surface area contributed by atoms with Gasteiger partial charge in [0.1, 0.15) is 11.9 Å². The molecule has 0 bridgehead atoms. The number of carbonyl (C=O) groups excluding carboxylic acids is 2. The highest BCUT2D eigenvalue weighted by Gasteiger charge is 2.72. The third-order valence-electron chi connectivity index (χ3n) is 16.6. The number of esters is 1. The summed E-state index contributed by atoms with van der Waals surface area (Å²) in [6, 6.07) is 0. The lowest BCUT2D eigenvalue weighted by Crippen LogP contribution is -2.67. The van der Waals surface area contributed by atoms with Gasteiger partial charge < -0.3 is 9.84 Å². The SMILES string of the molecule is CC(C)C1CC[C@]2(C(=O)CCC(=O)O)CC[C@]3(C)C(CCC4[C@@]5(C)CC[C@@H](OC(=O)C6CCCCC6)C(C)(C)C5CC[C@]43C)C12. The molecule has 5 heteroatoms. The number of ether oxygens (including phenoxy) is 1. The number of carbonyl (C=O) groups is 3. The Hall–Kier alpha value is -1.39. The molecule has 5 unspecified atom stereocenters. The molecule has 6 saturated carbocycles. The smallest absolute Gasteiger partial charge is 0.309 e. The maximum Gasteiger partial charge on any atom is 0.309 e. The second-order valence-electron chi connectivity index (χ2n) is 18.7. The van der Waals surface area contributed by atoms with E-state index in [9.17, 15) is 19.5 Å². The number of hydrogen-bond donors (Lipinski definition) is 1. The molecular weight excluding hydrogens is 560 g/mol. The first-order valence-electron chi connectivity index (χ1n) is 19.1. The van der Waals surface area contributed by atoms with E-state index in [1.54, 1.807) is 0 Å². The van der Waals surface area contributed by atoms with Gasteiger partial charge in [-0.1, -0.05) is 67.7 Å². The summed E-state index contributed by atoms with van der Waals surface area (Å²) in [5, 5.41) is 9.43. The predicted molar refractivity (Wildman–Crippen MR) is 177 cm³/mol. The van der Waals surface area contributed by atoms with Crippen LogP contribution in [0.4, 0.5) is 0 Å². The highest BCUT2D eigenvalue weighted by atomic mass is 16.5. The summed E-state index contributed by atoms with van der Waals surface area (Å²) in [5.74, 6) is 2.74. The normalized spacial score (nSPS) is 46.0. The lowest BCUT2D eigenvalue weighted by Gasteiger charge is -2.73. The van der Waals surface area contributed by atoms with Crippen LogP contribution in [-0.2, 0) is 19.1 Å². The van der Waals surface area contributed by atoms with Crippen molar-refractivity contribution in [1.29, 1.82) is 0 Å². The second-order valence-corrected chi connectivity index (χ2v) is 18.7. The largest absolute Gasteiger partial charge is 0.481 e. The number of rotatable bonds is 7. The first kappa shape index (κ1) is 33.5. The minimum absolute atomic E-state index is 0.0127. The Labute approximate surface area is 273 Å². The number of Topliss-reactive ketones (excluding diaryl/α,β-unsaturated/α-hetero) is 1. The summed E-state index contributed by atoms with van der Waals surface area (Å²) >= 11 is 0. The van der Waals surface area contributed by atoms with Gasteiger partial charge in [0.15, 0.2) is 0 Å². The third-order valence-corrected chi connectivity index (χ3v) is 16.6. The van der Waals surface area contributed by atoms with Gasteiger partial charge >= 0.3 is 11.9 Å². The lowest BCUT2D eigenvalue weighted by molar-refractivity contribution is -0.250. The van der Waals surface area contributed by atoms with Crippen LogP contribution in [0.25, 0.3) is 0 Å². The second kappa shape index (κ2) is 11.6. The zero-order chi connectivity index (χ0) is 32.6. The van der Waals surface area contributed by atoms with E-state index in [-0.39, 0.29) is 63.7 Å². The van der Waals surface area contributed by atoms with Gasteiger partial charge in [0.2, 0.25) is 0 Å². The fourth-order valence-electron chi connectivity index (χ4n) is 14.1. The van der Waals surface area contributed by atoms with Crippen LogP contribution < -0.4 is 0 Å². The van der Waals surface area contributed by atoms with Crippen molar-refractivity contribution in [1.82, 2.24) is 0 Å². The first-order chi connectivity index (χ1) is 21.1. The van der Waals surface area contributed by atoms with Gasteiger partial charge in [-0.2, -0.15) is 0 Å². The minimum Gasteiger partial charge on any atom is -0.481 e. The van der Waals surface area contributed by atoms with Crippen LogP contribution in [-0.4, -0.2) is 28.9 Å². The Morgan fingerprint density at radius 1 is 0.733 bits per heavy atom. The van der Waals surface area contributed by atoms with Crippen molar-refractivity contribution in [3.05, 3.63) is 0 Å². The Kier molecular flexibility index (Phi) is 8.67. The average Bonchev–Trinajstić information content (AvgIpc) is 3.39. The molecule has 6 rings (SSSR count). The Morgan fingerprint density at radius 3 is 2.11 bits per heavy atom. The van der Waals surface area contributed by atoms with Gasteiger partial charge in [-0.3, -0.25) is 14.4 Å². The van der Waals surface area contributed by atoms with Crippen LogP contribution in [0.2, 0.25) is 0 Å². The van der Waals surface area contributed by atoms with Gasteiger partial charge in [0, 0.05) is 17.3 Å². The molecule has 45 heavy (non-hydrogen) atoms. The van der Waals surface area contributed by atoms with Gasteiger partial charge in [0.25, 0.3) is 0 Å². The van der Waals surface area contributed by atoms with Crippen LogP contribution in [0.3, 0.4) is 0 Å². The van der Waals surface area contributed by atoms with Crippen molar-refractivity contribution in [2.45, 2.75) is 164 Å². The fraction of sp³-hybridized carbons (Fsp3) is 0.925. The lowest BCUT2D eigenvalue weighted by atomic mass is 9.32. The highest BCUT2D eigenvalue weighted by molar-refractivity contribution is 5.88. The number of fused-ring (bicyclic) bond motifs is 7. The molecule has 0 aliphatic heterocycles. The quantitative estimate of drug-likeness (QED) is 0.285. The molecule has 10 atom stereocenters. The molecular formula is C40H64O5. The summed E-state index contributed by atoms with van der Waals surface area (Å²) in [6.45, 7) is 17.4. The number of carboxylic acids is 1. The molecule has 254 valence electrons. The van der Waals surface area contributed by atoms with Crippen LogP contribution in [0, 0.1) is 68.5 Å². The summed E-state index contributed by atoms with van der Waals surface area (Å²) in [5.41, 5.74) is 0.251. The molecule has 0 aromatic carbocycles. The summed E-state index contributed by atoms with van der Waals surface area (Å²) in [7, 11) is 0. The van der Waals surface area contributed by atoms with E-state index in [2.05, 4.69) is 48.5 Å². The molecule has 0 radical (unpaired) electrons. The van der Waals surface area contributed by atoms with E-state index in [0.717, 1.165) is 64.2 Å². The molecule has 0 spiro atoms. The molecule has 6 fully saturated rings. The van der Waals surface area contributed by atoms with Crippen molar-refractivity contribution in [2.24, 2.45) is 68.5 Å². The first-order valence-corrected chi connectivity index (χ1v) is 19.1. The number of hydrogen-bond acceptors (Lipinski definition) is 4. The highest BCUT2D eigenvalue weighted by Crippen LogP contribution is 2.77. The maximum atomic E-state index is 14.0. The molecule has 0 saturated heterocycles. The Balaban J connectivity index is 1.27. The monoisotopic (exact) mass is 624 g/mol. The van der Waals surface area contributed by atoms with Crippen LogP contribution in [0.1, 0.15) is 158 Å². The molecule has 0 aromatic heterocycles. The molecule has 0 amide bonds. The zero-order valence-corrected chi connectivity index (χ0v) is 29.7. The minimum atomic E-state index is -0.852. The number of carboxylic acid groups (broad SMARTS) is 1. The van der Waals surface area contributed by atoms with Gasteiger partial charge in [0.05, 0.1) is 12.3 Å². The van der Waals surface area contributed by atoms with E-state index in [1.807, 2.05) is 0 Å². The van der Waals surface area contributed by atoms with Crippen LogP contribution in [0.15, 0.2) is 0 Å². The van der Waals surface area contributed by atoms with E-state index < -0.39 is 5.97 Å². The van der Waals surface area contributed by atoms with Crippen molar-refractivity contribution >= 4 is 17.7 Å². The van der Waals surface area contributed by atoms with Crippen molar-refractivity contribution in [3.63, 3.8) is 0 Å². The average molecular weight is 625 g/mol. The van der Waals surface area contributed by atoms with E-state index in [0.29, 0.717) is 35.5 Å². The van der Waals surface area contributed by atoms with Crippen molar-refractivity contribution in [3.8, 4) is 0 Å². The number of ketones is 1. The molecule has 1 N–H and O–H groups in total. The van der Waals surface area contributed by atoms with Gasteiger partial charge in [-0.15, -0.1) is 0 Å². The van der Waals surface area contributed by atoms with Crippen molar-refractivity contribution < 1.29 is 24.2 Å². The van der Waals surface area contributed by atoms with Gasteiger partial charge in [-0.05, 0) is 129 Å². The Morgan fingerprint density at radius 2 is 1.44 bits per heavy atom. The summed E-state index contributed by atoms with van der Waals surface area (Å²) < 4.78 is 6.45. The van der Waals surface area contributed by atoms with E-state index in [1.165, 1.54) is 32.1 Å². The Bertz CT molecular complexity index is 1170. The maximum absolute atomic E-state index is 14.0. The van der Waals surface area contributed by atoms with E-state index in [4.69, 9.17) is 4.74 Å². The zero-order valence-electron chi connectivity index (χ0n) is 29.7. The summed E-state index contributed by atoms with van der Waals surface area (Å²) in [6.07, 6.45) is 16.8. The van der Waals surface area contributed by atoms with Crippen LogP contribution in [0.5, 0.6) is 0 Å². The summed E-state index contributed by atoms with van der Waals surface area (Å²) in [4.78, 5) is 38.8. The third kappa shape index (κ3) is 4.99. The fourth-order valence-corrected chi connectivity index (χ4v) is 14.1. The molecule has 5 nitrogen and oxygen atoms in total. The standard InChI is InChI=1S/C40H64O5/c1-25(2)27-17-22-40(31(41)15-16-33(42)43)24-23-38(6)28(34(27)40)13-14-30-37(5)20-19-32(45-35(44)26-11-9-8-10-12-26)36(3,4)29(37)18-21-39(30,38)7/h25-30,32,34H,8-24H2,1-7H3,(H,42,43)/t27?,28?,29?,30?,32-,34?,37+,38-,39-,40-/m1/s1. The van der Waals surface area contributed by atoms with Crippen molar-refractivity contribution in [2.75, 3.05) is 0 Å². The van der Waals surface area contributed by atoms with Gasteiger partial charge in [-0.25, -0.2) is 0 Å². The molecule has 6 aliphatic rings. The molecule has 6 aliphatic carbocycles. The predicted octanol–water partition coefficient (Wildman–Crippen LogP) is 9.65.